The lowest BCUT2D eigenvalue weighted by molar-refractivity contribution is 1.05. The van der Waals surface area contributed by atoms with Crippen LogP contribution in [0.4, 0.5) is 11.4 Å². The van der Waals surface area contributed by atoms with E-state index in [0.29, 0.717) is 0 Å². The Morgan fingerprint density at radius 2 is 0.965 bits per heavy atom. The van der Waals surface area contributed by atoms with Crippen LogP contribution in [-0.2, 0) is 0 Å². The summed E-state index contributed by atoms with van der Waals surface area (Å²) in [7, 11) is 0. The molecule has 1 aliphatic rings. The maximum atomic E-state index is 5.12. The Balaban J connectivity index is 0.992. The smallest absolute Gasteiger partial charge is 0.0943 e. The van der Waals surface area contributed by atoms with Crippen molar-refractivity contribution in [3.05, 3.63) is 200 Å². The first kappa shape index (κ1) is 31.8. The first-order valence-corrected chi connectivity index (χ1v) is 19.7. The average molecular weight is 726 g/mol. The van der Waals surface area contributed by atoms with Gasteiger partial charge in [0.25, 0.3) is 0 Å². The van der Waals surface area contributed by atoms with Gasteiger partial charge in [-0.25, -0.2) is 0 Å². The lowest BCUT2D eigenvalue weighted by atomic mass is 9.89. The van der Waals surface area contributed by atoms with Crippen molar-refractivity contribution < 1.29 is 0 Å². The molecule has 3 nitrogen and oxygen atoms in total. The van der Waals surface area contributed by atoms with Crippen molar-refractivity contribution in [3.63, 3.8) is 0 Å². The quantitative estimate of drug-likeness (QED) is 0.180. The van der Waals surface area contributed by atoms with E-state index in [0.717, 1.165) is 17.1 Å². The van der Waals surface area contributed by atoms with Crippen molar-refractivity contribution in [3.8, 4) is 27.9 Å². The third kappa shape index (κ3) is 4.89. The summed E-state index contributed by atoms with van der Waals surface area (Å²) >= 11 is 0. The molecule has 1 unspecified atom stereocenters. The second-order valence-corrected chi connectivity index (χ2v) is 15.1. The molecule has 0 amide bonds. The molecule has 12 rings (SSSR count). The van der Waals surface area contributed by atoms with E-state index in [1.165, 1.54) is 92.7 Å². The Morgan fingerprint density at radius 3 is 1.70 bits per heavy atom. The predicted molar refractivity (Wildman–Crippen MR) is 243 cm³/mol. The standard InChI is InChI=1S/C54H35N3/c1-2-17-38-35(14-1)31-37(57-51-26-11-9-22-45(51)46-23-10-12-27-52(46)57)32-49(38)44-29-28-39(40-18-3-4-19-41(40)44)34-15-13-16-36(30-34)50-33-55-53-47-24-7-5-20-42(47)43-21-6-8-25-48(43)54(53)56-50/h1-33,50,56H. The number of nitrogens with zero attached hydrogens (tertiary/aromatic N) is 2. The number of hydrogen-bond donors (Lipinski definition) is 1. The Bertz CT molecular complexity index is 3410. The van der Waals surface area contributed by atoms with Crippen molar-refractivity contribution in [2.75, 3.05) is 5.32 Å². The molecule has 0 bridgehead atoms. The molecule has 3 heteroatoms. The highest BCUT2D eigenvalue weighted by Gasteiger charge is 2.22. The van der Waals surface area contributed by atoms with Gasteiger partial charge in [-0.1, -0.05) is 164 Å². The van der Waals surface area contributed by atoms with Gasteiger partial charge < -0.3 is 9.88 Å². The summed E-state index contributed by atoms with van der Waals surface area (Å²) in [4.78, 5) is 5.12. The van der Waals surface area contributed by atoms with Gasteiger partial charge in [0.05, 0.1) is 28.5 Å². The molecule has 0 saturated heterocycles. The highest BCUT2D eigenvalue weighted by molar-refractivity contribution is 6.21. The molecule has 2 heterocycles. The van der Waals surface area contributed by atoms with Crippen LogP contribution in [0.1, 0.15) is 11.6 Å². The van der Waals surface area contributed by atoms with Gasteiger partial charge in [0.15, 0.2) is 0 Å². The molecule has 0 aliphatic carbocycles. The number of hydrogen-bond acceptors (Lipinski definition) is 2. The van der Waals surface area contributed by atoms with E-state index >= 15 is 0 Å². The van der Waals surface area contributed by atoms with Gasteiger partial charge in [0.1, 0.15) is 0 Å². The second kappa shape index (κ2) is 12.5. The summed E-state index contributed by atoms with van der Waals surface area (Å²) in [5.74, 6) is 0. The lowest BCUT2D eigenvalue weighted by Gasteiger charge is -2.25. The summed E-state index contributed by atoms with van der Waals surface area (Å²) in [5, 5.41) is 16.2. The molecule has 1 aromatic heterocycles. The number of para-hydroxylation sites is 2. The molecule has 1 atom stereocenters. The van der Waals surface area contributed by atoms with Crippen molar-refractivity contribution in [2.24, 2.45) is 4.99 Å². The topological polar surface area (TPSA) is 29.3 Å². The fraction of sp³-hybridized carbons (Fsp3) is 0.0185. The Labute approximate surface area is 329 Å². The van der Waals surface area contributed by atoms with Crippen molar-refractivity contribution >= 4 is 82.5 Å². The van der Waals surface area contributed by atoms with Crippen LogP contribution in [-0.4, -0.2) is 10.8 Å². The Kier molecular flexibility index (Phi) is 6.99. The molecule has 1 N–H and O–H groups in total. The maximum absolute atomic E-state index is 5.12. The summed E-state index contributed by atoms with van der Waals surface area (Å²) in [6, 6.07) is 70.7. The molecule has 1 aliphatic heterocycles. The molecule has 0 spiro atoms. The first-order valence-electron chi connectivity index (χ1n) is 19.7. The number of aromatic nitrogens is 1. The average Bonchev–Trinajstić information content (AvgIpc) is 3.63. The van der Waals surface area contributed by atoms with E-state index in [1.54, 1.807) is 0 Å². The monoisotopic (exact) mass is 725 g/mol. The molecule has 11 aromatic rings. The number of aliphatic imine (C=N–C) groups is 1. The summed E-state index contributed by atoms with van der Waals surface area (Å²) in [6.07, 6.45) is 2.07. The molecular weight excluding hydrogens is 691 g/mol. The van der Waals surface area contributed by atoms with E-state index in [4.69, 9.17) is 4.99 Å². The summed E-state index contributed by atoms with van der Waals surface area (Å²) < 4.78 is 2.43. The van der Waals surface area contributed by atoms with Gasteiger partial charge in [-0.3, -0.25) is 4.99 Å². The van der Waals surface area contributed by atoms with E-state index in [9.17, 15) is 0 Å². The lowest BCUT2D eigenvalue weighted by Crippen LogP contribution is -2.15. The van der Waals surface area contributed by atoms with Gasteiger partial charge in [-0.05, 0) is 90.5 Å². The number of anilines is 1. The van der Waals surface area contributed by atoms with Crippen LogP contribution < -0.4 is 5.32 Å². The molecular formula is C54H35N3. The van der Waals surface area contributed by atoms with Crippen molar-refractivity contribution in [1.29, 1.82) is 0 Å². The third-order valence-corrected chi connectivity index (χ3v) is 12.0. The molecule has 10 aromatic carbocycles. The zero-order valence-corrected chi connectivity index (χ0v) is 31.0. The molecule has 0 saturated carbocycles. The fourth-order valence-electron chi connectivity index (χ4n) is 9.45. The van der Waals surface area contributed by atoms with Gasteiger partial charge in [0.2, 0.25) is 0 Å². The van der Waals surface area contributed by atoms with E-state index in [-0.39, 0.29) is 6.04 Å². The number of benzene rings is 10. The fourth-order valence-corrected chi connectivity index (χ4v) is 9.45. The van der Waals surface area contributed by atoms with E-state index in [2.05, 4.69) is 210 Å². The molecule has 266 valence electrons. The van der Waals surface area contributed by atoms with Crippen LogP contribution >= 0.6 is 0 Å². The van der Waals surface area contributed by atoms with Gasteiger partial charge in [-0.2, -0.15) is 0 Å². The molecule has 57 heavy (non-hydrogen) atoms. The maximum Gasteiger partial charge on any atom is 0.0943 e. The predicted octanol–water partition coefficient (Wildman–Crippen LogP) is 14.6. The minimum Gasteiger partial charge on any atom is -0.371 e. The van der Waals surface area contributed by atoms with Crippen LogP contribution in [0.2, 0.25) is 0 Å². The number of rotatable bonds is 4. The zero-order chi connectivity index (χ0) is 37.5. The van der Waals surface area contributed by atoms with Crippen molar-refractivity contribution in [1.82, 2.24) is 4.57 Å². The van der Waals surface area contributed by atoms with Crippen LogP contribution in [0.5, 0.6) is 0 Å². The third-order valence-electron chi connectivity index (χ3n) is 12.0. The minimum absolute atomic E-state index is 0.0671. The second-order valence-electron chi connectivity index (χ2n) is 15.1. The summed E-state index contributed by atoms with van der Waals surface area (Å²) in [6.45, 7) is 0. The van der Waals surface area contributed by atoms with Crippen LogP contribution in [0, 0.1) is 0 Å². The number of nitrogens with one attached hydrogen (secondary N) is 1. The number of fused-ring (bicyclic) bond motifs is 11. The Morgan fingerprint density at radius 1 is 0.404 bits per heavy atom. The Hall–Kier alpha value is -7.49. The van der Waals surface area contributed by atoms with Crippen LogP contribution in [0.15, 0.2) is 199 Å². The molecule has 0 radical (unpaired) electrons. The molecule has 0 fully saturated rings. The minimum atomic E-state index is -0.0671. The largest absolute Gasteiger partial charge is 0.371 e. The van der Waals surface area contributed by atoms with Crippen molar-refractivity contribution in [2.45, 2.75) is 6.04 Å². The summed E-state index contributed by atoms with van der Waals surface area (Å²) in [5.41, 5.74) is 11.7. The first-order chi connectivity index (χ1) is 28.3. The van der Waals surface area contributed by atoms with Gasteiger partial charge in [0, 0.05) is 33.4 Å². The normalized spacial score (nSPS) is 13.9. The zero-order valence-electron chi connectivity index (χ0n) is 31.0. The SMILES string of the molecule is C1=Nc2c(c3ccccc3c3ccccc23)NC1c1cccc(-c2ccc(-c3cc(-n4c5ccccc5c5ccccc54)cc4ccccc34)c3ccccc23)c1. The van der Waals surface area contributed by atoms with Gasteiger partial charge in [-0.15, -0.1) is 0 Å². The van der Waals surface area contributed by atoms with Gasteiger partial charge >= 0.3 is 0 Å². The van der Waals surface area contributed by atoms with Crippen LogP contribution in [0.3, 0.4) is 0 Å². The van der Waals surface area contributed by atoms with E-state index < -0.39 is 0 Å². The highest BCUT2D eigenvalue weighted by atomic mass is 15.0. The highest BCUT2D eigenvalue weighted by Crippen LogP contribution is 2.46. The van der Waals surface area contributed by atoms with E-state index in [1.807, 2.05) is 0 Å². The van der Waals surface area contributed by atoms with Crippen LogP contribution in [0.25, 0.3) is 92.8 Å².